The quantitative estimate of drug-likeness (QED) is 0.646. The number of rotatable bonds is 4. The minimum atomic E-state index is -0.327. The fourth-order valence-electron chi connectivity index (χ4n) is 1.45. The Kier molecular flexibility index (Phi) is 4.58. The van der Waals surface area contributed by atoms with E-state index < -0.39 is 0 Å². The summed E-state index contributed by atoms with van der Waals surface area (Å²) in [6.07, 6.45) is 2.09. The second kappa shape index (κ2) is 5.51. The molecule has 1 heterocycles. The average Bonchev–Trinajstić information content (AvgIpc) is 2.05. The molecule has 1 atom stereocenters. The van der Waals surface area contributed by atoms with Crippen LogP contribution in [0.5, 0.6) is 0 Å². The van der Waals surface area contributed by atoms with Crippen LogP contribution in [-0.2, 0) is 4.74 Å². The highest BCUT2D eigenvalue weighted by atomic mass is 16.5. The van der Waals surface area contributed by atoms with Crippen molar-refractivity contribution in [1.82, 2.24) is 5.32 Å². The van der Waals surface area contributed by atoms with Crippen LogP contribution in [0.3, 0.4) is 0 Å². The molecule has 3 heteroatoms. The van der Waals surface area contributed by atoms with Gasteiger partial charge in [0.25, 0.3) is 0 Å². The Bertz CT molecular complexity index is 111. The van der Waals surface area contributed by atoms with E-state index in [0.29, 0.717) is 12.5 Å². The number of hydrogen-bond acceptors (Lipinski definition) is 3. The van der Waals surface area contributed by atoms with E-state index in [1.54, 1.807) is 6.92 Å². The highest BCUT2D eigenvalue weighted by Gasteiger charge is 2.12. The number of piperidine rings is 1. The van der Waals surface area contributed by atoms with Crippen LogP contribution in [-0.4, -0.2) is 37.5 Å². The maximum Gasteiger partial charge on any atom is 0.0745 e. The van der Waals surface area contributed by atoms with Crippen molar-refractivity contribution in [3.63, 3.8) is 0 Å². The molecule has 0 aromatic carbocycles. The molecule has 2 N–H and O–H groups in total. The van der Waals surface area contributed by atoms with E-state index in [2.05, 4.69) is 5.32 Å². The fourth-order valence-corrected chi connectivity index (χ4v) is 1.45. The van der Waals surface area contributed by atoms with Crippen molar-refractivity contribution in [2.75, 3.05) is 26.3 Å². The van der Waals surface area contributed by atoms with E-state index in [-0.39, 0.29) is 6.10 Å². The zero-order valence-electron chi connectivity index (χ0n) is 7.75. The van der Waals surface area contributed by atoms with Gasteiger partial charge in [0.05, 0.1) is 12.7 Å². The maximum absolute atomic E-state index is 8.94. The van der Waals surface area contributed by atoms with Crippen molar-refractivity contribution in [2.45, 2.75) is 25.9 Å². The van der Waals surface area contributed by atoms with E-state index in [0.717, 1.165) is 19.7 Å². The van der Waals surface area contributed by atoms with E-state index >= 15 is 0 Å². The number of aliphatic hydroxyl groups excluding tert-OH is 1. The molecule has 0 spiro atoms. The zero-order chi connectivity index (χ0) is 8.81. The largest absolute Gasteiger partial charge is 0.391 e. The maximum atomic E-state index is 8.94. The van der Waals surface area contributed by atoms with Gasteiger partial charge in [0, 0.05) is 6.61 Å². The summed E-state index contributed by atoms with van der Waals surface area (Å²) in [6, 6.07) is 0. The smallest absolute Gasteiger partial charge is 0.0745 e. The molecule has 1 aliphatic heterocycles. The summed E-state index contributed by atoms with van der Waals surface area (Å²) < 4.78 is 5.36. The molecule has 1 saturated heterocycles. The average molecular weight is 173 g/mol. The van der Waals surface area contributed by atoms with Crippen LogP contribution in [0.15, 0.2) is 0 Å². The van der Waals surface area contributed by atoms with Gasteiger partial charge in [-0.25, -0.2) is 0 Å². The molecule has 0 aromatic rings. The molecule has 0 radical (unpaired) electrons. The van der Waals surface area contributed by atoms with Gasteiger partial charge in [-0.3, -0.25) is 0 Å². The van der Waals surface area contributed by atoms with Crippen LogP contribution in [0.2, 0.25) is 0 Å². The summed E-state index contributed by atoms with van der Waals surface area (Å²) >= 11 is 0. The van der Waals surface area contributed by atoms with Crippen molar-refractivity contribution in [3.05, 3.63) is 0 Å². The molecular formula is C9H19NO2. The van der Waals surface area contributed by atoms with Crippen molar-refractivity contribution in [1.29, 1.82) is 0 Å². The third kappa shape index (κ3) is 4.04. The lowest BCUT2D eigenvalue weighted by atomic mass is 9.99. The number of nitrogens with one attached hydrogen (secondary N) is 1. The van der Waals surface area contributed by atoms with Gasteiger partial charge in [-0.05, 0) is 38.8 Å². The van der Waals surface area contributed by atoms with E-state index in [4.69, 9.17) is 9.84 Å². The first kappa shape index (κ1) is 9.96. The Balaban J connectivity index is 1.98. The van der Waals surface area contributed by atoms with Gasteiger partial charge >= 0.3 is 0 Å². The molecule has 1 unspecified atom stereocenters. The van der Waals surface area contributed by atoms with Crippen LogP contribution in [0.25, 0.3) is 0 Å². The van der Waals surface area contributed by atoms with Crippen LogP contribution in [0.4, 0.5) is 0 Å². The highest BCUT2D eigenvalue weighted by Crippen LogP contribution is 2.11. The van der Waals surface area contributed by atoms with Gasteiger partial charge in [-0.2, -0.15) is 0 Å². The second-order valence-corrected chi connectivity index (χ2v) is 3.58. The Labute approximate surface area is 74.1 Å². The summed E-state index contributed by atoms with van der Waals surface area (Å²) in [6.45, 7) is 5.27. The molecule has 1 rings (SSSR count). The first-order valence-corrected chi connectivity index (χ1v) is 4.75. The Morgan fingerprint density at radius 3 is 2.75 bits per heavy atom. The molecule has 0 amide bonds. The lowest BCUT2D eigenvalue weighted by Gasteiger charge is -2.22. The molecule has 0 bridgehead atoms. The number of aliphatic hydroxyl groups is 1. The minimum Gasteiger partial charge on any atom is -0.391 e. The first-order chi connectivity index (χ1) is 5.79. The summed E-state index contributed by atoms with van der Waals surface area (Å²) in [5.74, 6) is 0.699. The lowest BCUT2D eigenvalue weighted by molar-refractivity contribution is 0.0243. The molecular weight excluding hydrogens is 154 g/mol. The summed E-state index contributed by atoms with van der Waals surface area (Å²) in [5, 5.41) is 12.3. The van der Waals surface area contributed by atoms with Gasteiger partial charge in [-0.15, -0.1) is 0 Å². The zero-order valence-corrected chi connectivity index (χ0v) is 7.75. The molecule has 0 saturated carbocycles. The SMILES string of the molecule is CC(O)COCC1CCNCC1. The summed E-state index contributed by atoms with van der Waals surface area (Å²) in [7, 11) is 0. The summed E-state index contributed by atoms with van der Waals surface area (Å²) in [4.78, 5) is 0. The van der Waals surface area contributed by atoms with Crippen LogP contribution >= 0.6 is 0 Å². The molecule has 0 aromatic heterocycles. The van der Waals surface area contributed by atoms with E-state index in [1.165, 1.54) is 12.8 Å². The topological polar surface area (TPSA) is 41.5 Å². The van der Waals surface area contributed by atoms with Gasteiger partial charge in [-0.1, -0.05) is 0 Å². The van der Waals surface area contributed by atoms with Crippen molar-refractivity contribution in [3.8, 4) is 0 Å². The standard InChI is InChI=1S/C9H19NO2/c1-8(11)6-12-7-9-2-4-10-5-3-9/h8-11H,2-7H2,1H3. The van der Waals surface area contributed by atoms with Crippen molar-refractivity contribution < 1.29 is 9.84 Å². The lowest BCUT2D eigenvalue weighted by Crippen LogP contribution is -2.30. The third-order valence-electron chi connectivity index (χ3n) is 2.17. The van der Waals surface area contributed by atoms with E-state index in [1.807, 2.05) is 0 Å². The Morgan fingerprint density at radius 1 is 1.50 bits per heavy atom. The normalized spacial score (nSPS) is 22.5. The first-order valence-electron chi connectivity index (χ1n) is 4.75. The number of hydrogen-bond donors (Lipinski definition) is 2. The van der Waals surface area contributed by atoms with Gasteiger partial charge in [0.2, 0.25) is 0 Å². The van der Waals surface area contributed by atoms with Gasteiger partial charge < -0.3 is 15.2 Å². The van der Waals surface area contributed by atoms with Crippen LogP contribution < -0.4 is 5.32 Å². The Hall–Kier alpha value is -0.120. The van der Waals surface area contributed by atoms with Crippen molar-refractivity contribution in [2.24, 2.45) is 5.92 Å². The number of ether oxygens (including phenoxy) is 1. The monoisotopic (exact) mass is 173 g/mol. The van der Waals surface area contributed by atoms with Gasteiger partial charge in [0.1, 0.15) is 0 Å². The second-order valence-electron chi connectivity index (χ2n) is 3.58. The predicted octanol–water partition coefficient (Wildman–Crippen LogP) is 0.383. The molecule has 3 nitrogen and oxygen atoms in total. The predicted molar refractivity (Wildman–Crippen MR) is 48.1 cm³/mol. The molecule has 0 aliphatic carbocycles. The summed E-state index contributed by atoms with van der Waals surface area (Å²) in [5.41, 5.74) is 0. The van der Waals surface area contributed by atoms with E-state index in [9.17, 15) is 0 Å². The molecule has 1 fully saturated rings. The molecule has 1 aliphatic rings. The Morgan fingerprint density at radius 2 is 2.17 bits per heavy atom. The van der Waals surface area contributed by atoms with Crippen LogP contribution in [0, 0.1) is 5.92 Å². The molecule has 12 heavy (non-hydrogen) atoms. The highest BCUT2D eigenvalue weighted by molar-refractivity contribution is 4.67. The van der Waals surface area contributed by atoms with Crippen molar-refractivity contribution >= 4 is 0 Å². The fraction of sp³-hybridized carbons (Fsp3) is 1.00. The van der Waals surface area contributed by atoms with Gasteiger partial charge in [0.15, 0.2) is 0 Å². The minimum absolute atomic E-state index is 0.327. The third-order valence-corrected chi connectivity index (χ3v) is 2.17. The molecule has 72 valence electrons. The van der Waals surface area contributed by atoms with Crippen LogP contribution in [0.1, 0.15) is 19.8 Å².